The lowest BCUT2D eigenvalue weighted by molar-refractivity contribution is 0.0975. The molecule has 0 bridgehead atoms. The Hall–Kier alpha value is -2.81. The number of carbonyl (C=O) groups excluding carboxylic acids is 1. The third-order valence-corrected chi connectivity index (χ3v) is 3.73. The molecule has 1 heterocycles. The maximum atomic E-state index is 12.4. The maximum Gasteiger partial charge on any atom is 0.255 e. The van der Waals surface area contributed by atoms with Crippen LogP contribution in [0, 0.1) is 6.92 Å². The smallest absolute Gasteiger partial charge is 0.255 e. The number of fused-ring (bicyclic) bond motifs is 1. The minimum atomic E-state index is -0.0663. The molecule has 0 aliphatic carbocycles. The molecule has 3 heteroatoms. The summed E-state index contributed by atoms with van der Waals surface area (Å²) in [7, 11) is 1.63. The van der Waals surface area contributed by atoms with Crippen molar-refractivity contribution in [3.63, 3.8) is 0 Å². The minimum absolute atomic E-state index is 0.0663. The van der Waals surface area contributed by atoms with Crippen LogP contribution < -0.4 is 4.74 Å². The van der Waals surface area contributed by atoms with Gasteiger partial charge < -0.3 is 4.74 Å². The second-order valence-corrected chi connectivity index (χ2v) is 5.14. The molecular formula is C19H17NO2. The van der Waals surface area contributed by atoms with Crippen molar-refractivity contribution in [1.29, 1.82) is 0 Å². The van der Waals surface area contributed by atoms with E-state index in [4.69, 9.17) is 4.74 Å². The number of allylic oxidation sites excluding steroid dienone is 1. The fraction of sp³-hybridized carbons (Fsp3) is 0.105. The summed E-state index contributed by atoms with van der Waals surface area (Å²) in [5, 5.41) is 0.983. The van der Waals surface area contributed by atoms with Crippen LogP contribution in [0.2, 0.25) is 0 Å². The summed E-state index contributed by atoms with van der Waals surface area (Å²) >= 11 is 0. The molecule has 0 atom stereocenters. The van der Waals surface area contributed by atoms with Crippen molar-refractivity contribution >= 4 is 22.9 Å². The standard InChI is InChI=1S/C19H17NO2/c1-14-5-3-4-6-15(14)7-10-19(21)20-12-11-16-13-17(22-2)8-9-18(16)20/h3-13H,1-2H3. The zero-order valence-corrected chi connectivity index (χ0v) is 12.6. The molecule has 0 radical (unpaired) electrons. The molecule has 0 amide bonds. The van der Waals surface area contributed by atoms with Gasteiger partial charge in [-0.3, -0.25) is 9.36 Å². The molecule has 0 fully saturated rings. The fourth-order valence-electron chi connectivity index (χ4n) is 2.45. The quantitative estimate of drug-likeness (QED) is 0.673. The van der Waals surface area contributed by atoms with Gasteiger partial charge in [0.15, 0.2) is 0 Å². The summed E-state index contributed by atoms with van der Waals surface area (Å²) in [4.78, 5) is 12.4. The Labute approximate surface area is 129 Å². The molecule has 0 spiro atoms. The monoisotopic (exact) mass is 291 g/mol. The summed E-state index contributed by atoms with van der Waals surface area (Å²) in [6.07, 6.45) is 5.24. The lowest BCUT2D eigenvalue weighted by Crippen LogP contribution is -2.05. The topological polar surface area (TPSA) is 31.2 Å². The average molecular weight is 291 g/mol. The van der Waals surface area contributed by atoms with Crippen LogP contribution in [-0.4, -0.2) is 17.6 Å². The van der Waals surface area contributed by atoms with Gasteiger partial charge in [0.1, 0.15) is 5.75 Å². The number of carbonyl (C=O) groups is 1. The molecule has 0 N–H and O–H groups in total. The third-order valence-electron chi connectivity index (χ3n) is 3.73. The number of hydrogen-bond acceptors (Lipinski definition) is 2. The summed E-state index contributed by atoms with van der Waals surface area (Å²) in [5.74, 6) is 0.719. The highest BCUT2D eigenvalue weighted by molar-refractivity contribution is 6.00. The van der Waals surface area contributed by atoms with E-state index in [9.17, 15) is 4.79 Å². The summed E-state index contributed by atoms with van der Waals surface area (Å²) < 4.78 is 6.84. The number of ether oxygens (including phenoxy) is 1. The number of benzene rings is 2. The van der Waals surface area contributed by atoms with Crippen LogP contribution in [0.15, 0.2) is 60.8 Å². The Morgan fingerprint density at radius 2 is 1.95 bits per heavy atom. The van der Waals surface area contributed by atoms with Crippen molar-refractivity contribution in [1.82, 2.24) is 4.57 Å². The molecule has 2 aromatic carbocycles. The van der Waals surface area contributed by atoms with Crippen molar-refractivity contribution in [2.24, 2.45) is 0 Å². The number of aryl methyl sites for hydroxylation is 1. The van der Waals surface area contributed by atoms with Crippen molar-refractivity contribution in [2.75, 3.05) is 7.11 Å². The van der Waals surface area contributed by atoms with Crippen molar-refractivity contribution in [3.8, 4) is 5.75 Å². The van der Waals surface area contributed by atoms with Crippen LogP contribution >= 0.6 is 0 Å². The molecule has 0 saturated carbocycles. The first kappa shape index (κ1) is 14.1. The highest BCUT2D eigenvalue weighted by atomic mass is 16.5. The number of hydrogen-bond donors (Lipinski definition) is 0. The van der Waals surface area contributed by atoms with Crippen LogP contribution in [-0.2, 0) is 0 Å². The second-order valence-electron chi connectivity index (χ2n) is 5.14. The van der Waals surface area contributed by atoms with Crippen LogP contribution in [0.25, 0.3) is 17.0 Å². The zero-order chi connectivity index (χ0) is 15.5. The molecule has 3 rings (SSSR count). The van der Waals surface area contributed by atoms with E-state index in [1.165, 1.54) is 0 Å². The molecule has 0 aliphatic rings. The molecule has 3 nitrogen and oxygen atoms in total. The first-order valence-corrected chi connectivity index (χ1v) is 7.12. The van der Waals surface area contributed by atoms with E-state index in [1.807, 2.05) is 61.5 Å². The highest BCUT2D eigenvalue weighted by Gasteiger charge is 2.07. The van der Waals surface area contributed by atoms with Gasteiger partial charge in [0.25, 0.3) is 5.91 Å². The van der Waals surface area contributed by atoms with E-state index in [1.54, 1.807) is 23.9 Å². The van der Waals surface area contributed by atoms with E-state index in [-0.39, 0.29) is 5.91 Å². The van der Waals surface area contributed by atoms with E-state index in [0.717, 1.165) is 27.8 Å². The van der Waals surface area contributed by atoms with Crippen LogP contribution in [0.3, 0.4) is 0 Å². The molecule has 0 unspecified atom stereocenters. The average Bonchev–Trinajstić information content (AvgIpc) is 2.96. The molecule has 3 aromatic rings. The number of methoxy groups -OCH3 is 1. The first-order chi connectivity index (χ1) is 10.7. The Balaban J connectivity index is 1.91. The van der Waals surface area contributed by atoms with Gasteiger partial charge in [-0.2, -0.15) is 0 Å². The van der Waals surface area contributed by atoms with E-state index in [2.05, 4.69) is 0 Å². The second kappa shape index (κ2) is 5.90. The lowest BCUT2D eigenvalue weighted by Gasteiger charge is -2.03. The van der Waals surface area contributed by atoms with Gasteiger partial charge >= 0.3 is 0 Å². The van der Waals surface area contributed by atoms with Crippen molar-refractivity contribution < 1.29 is 9.53 Å². The van der Waals surface area contributed by atoms with Gasteiger partial charge in [-0.05, 0) is 48.4 Å². The van der Waals surface area contributed by atoms with Gasteiger partial charge in [0.2, 0.25) is 0 Å². The zero-order valence-electron chi connectivity index (χ0n) is 12.6. The van der Waals surface area contributed by atoms with E-state index >= 15 is 0 Å². The number of nitrogens with zero attached hydrogens (tertiary/aromatic N) is 1. The summed E-state index contributed by atoms with van der Waals surface area (Å²) in [6, 6.07) is 15.6. The predicted molar refractivity (Wildman–Crippen MR) is 89.3 cm³/mol. The Kier molecular flexibility index (Phi) is 3.79. The van der Waals surface area contributed by atoms with Gasteiger partial charge in [-0.25, -0.2) is 0 Å². The molecular weight excluding hydrogens is 274 g/mol. The maximum absolute atomic E-state index is 12.4. The van der Waals surface area contributed by atoms with Gasteiger partial charge in [-0.15, -0.1) is 0 Å². The third kappa shape index (κ3) is 2.66. The largest absolute Gasteiger partial charge is 0.497 e. The SMILES string of the molecule is COc1ccc2c(ccn2C(=O)C=Cc2ccccc2C)c1. The Morgan fingerprint density at radius 1 is 1.14 bits per heavy atom. The predicted octanol–water partition coefficient (Wildman–Crippen LogP) is 4.31. The lowest BCUT2D eigenvalue weighted by atomic mass is 10.1. The molecule has 22 heavy (non-hydrogen) atoms. The van der Waals surface area contributed by atoms with Gasteiger partial charge in [0, 0.05) is 17.7 Å². The summed E-state index contributed by atoms with van der Waals surface area (Å²) in [6.45, 7) is 2.03. The van der Waals surface area contributed by atoms with Crippen molar-refractivity contribution in [2.45, 2.75) is 6.92 Å². The van der Waals surface area contributed by atoms with Crippen LogP contribution in [0.5, 0.6) is 5.75 Å². The highest BCUT2D eigenvalue weighted by Crippen LogP contribution is 2.22. The molecule has 1 aromatic heterocycles. The fourth-order valence-corrected chi connectivity index (χ4v) is 2.45. The number of aromatic nitrogens is 1. The van der Waals surface area contributed by atoms with E-state index in [0.29, 0.717) is 0 Å². The van der Waals surface area contributed by atoms with Gasteiger partial charge in [-0.1, -0.05) is 24.3 Å². The van der Waals surface area contributed by atoms with Crippen LogP contribution in [0.1, 0.15) is 15.9 Å². The molecule has 0 saturated heterocycles. The van der Waals surface area contributed by atoms with Gasteiger partial charge in [0.05, 0.1) is 12.6 Å². The number of rotatable bonds is 3. The van der Waals surface area contributed by atoms with E-state index < -0.39 is 0 Å². The Morgan fingerprint density at radius 3 is 2.73 bits per heavy atom. The first-order valence-electron chi connectivity index (χ1n) is 7.12. The van der Waals surface area contributed by atoms with Crippen molar-refractivity contribution in [3.05, 3.63) is 71.9 Å². The normalized spacial score (nSPS) is 11.2. The van der Waals surface area contributed by atoms with Crippen LogP contribution in [0.4, 0.5) is 0 Å². The molecule has 110 valence electrons. The minimum Gasteiger partial charge on any atom is -0.497 e. The summed E-state index contributed by atoms with van der Waals surface area (Å²) in [5.41, 5.74) is 3.07. The molecule has 0 aliphatic heterocycles. The Bertz CT molecular complexity index is 859.